The highest BCUT2D eigenvalue weighted by Crippen LogP contribution is 2.13. The third-order valence-electron chi connectivity index (χ3n) is 6.93. The molecule has 0 aromatic rings. The van der Waals surface area contributed by atoms with Gasteiger partial charge in [-0.1, -0.05) is 156 Å². The van der Waals surface area contributed by atoms with Crippen molar-refractivity contribution in [2.45, 2.75) is 175 Å². The van der Waals surface area contributed by atoms with Crippen LogP contribution in [0.25, 0.3) is 0 Å². The lowest BCUT2D eigenvalue weighted by molar-refractivity contribution is -0.137. The SMILES string of the molecule is CCCCCCCCCCCCCCCCCC(=O)O.CCCCCCCCCCN(C)CC. The number of carboxylic acid groups (broad SMARTS) is 1. The summed E-state index contributed by atoms with van der Waals surface area (Å²) in [6, 6.07) is 0. The van der Waals surface area contributed by atoms with Gasteiger partial charge in [0, 0.05) is 6.42 Å². The maximum Gasteiger partial charge on any atom is 0.303 e. The molecule has 3 nitrogen and oxygen atoms in total. The Bertz CT molecular complexity index is 372. The highest BCUT2D eigenvalue weighted by molar-refractivity contribution is 5.66. The van der Waals surface area contributed by atoms with E-state index in [0.29, 0.717) is 6.42 Å². The van der Waals surface area contributed by atoms with E-state index in [1.165, 1.54) is 148 Å². The van der Waals surface area contributed by atoms with E-state index in [1.807, 2.05) is 0 Å². The molecule has 0 aliphatic rings. The van der Waals surface area contributed by atoms with E-state index in [9.17, 15) is 4.79 Å². The lowest BCUT2D eigenvalue weighted by Gasteiger charge is -2.12. The maximum atomic E-state index is 10.3. The van der Waals surface area contributed by atoms with Crippen molar-refractivity contribution in [3.05, 3.63) is 0 Å². The fourth-order valence-electron chi connectivity index (χ4n) is 4.32. The molecule has 0 heterocycles. The van der Waals surface area contributed by atoms with Crippen LogP contribution in [0, 0.1) is 0 Å². The van der Waals surface area contributed by atoms with E-state index in [0.717, 1.165) is 12.8 Å². The summed E-state index contributed by atoms with van der Waals surface area (Å²) >= 11 is 0. The van der Waals surface area contributed by atoms with Crippen molar-refractivity contribution < 1.29 is 9.90 Å². The summed E-state index contributed by atoms with van der Waals surface area (Å²) in [6.07, 6.45) is 31.6. The van der Waals surface area contributed by atoms with Crippen LogP contribution in [0.1, 0.15) is 175 Å². The standard InChI is InChI=1S/C18H36O2.C13H29N/c1-2-3-4-5-6-7-8-9-10-11-12-13-14-15-16-17-18(19)20;1-4-6-7-8-9-10-11-12-13-14(3)5-2/h2-17H2,1H3,(H,19,20);4-13H2,1-3H3. The number of carboxylic acids is 1. The van der Waals surface area contributed by atoms with Crippen LogP contribution in [0.2, 0.25) is 0 Å². The fraction of sp³-hybridized carbons (Fsp3) is 0.968. The highest BCUT2D eigenvalue weighted by atomic mass is 16.4. The van der Waals surface area contributed by atoms with Gasteiger partial charge in [-0.05, 0) is 33.0 Å². The molecule has 0 unspecified atom stereocenters. The van der Waals surface area contributed by atoms with Gasteiger partial charge < -0.3 is 10.0 Å². The van der Waals surface area contributed by atoms with Crippen LogP contribution >= 0.6 is 0 Å². The molecule has 0 saturated carbocycles. The van der Waals surface area contributed by atoms with Crippen molar-refractivity contribution >= 4 is 5.97 Å². The molecular formula is C31H65NO2. The minimum Gasteiger partial charge on any atom is -0.481 e. The van der Waals surface area contributed by atoms with Crippen molar-refractivity contribution in [3.63, 3.8) is 0 Å². The van der Waals surface area contributed by atoms with E-state index >= 15 is 0 Å². The smallest absolute Gasteiger partial charge is 0.303 e. The van der Waals surface area contributed by atoms with Crippen LogP contribution in [0.15, 0.2) is 0 Å². The van der Waals surface area contributed by atoms with Gasteiger partial charge in [-0.25, -0.2) is 0 Å². The third kappa shape index (κ3) is 36.0. The summed E-state index contributed by atoms with van der Waals surface area (Å²) in [7, 11) is 2.21. The van der Waals surface area contributed by atoms with E-state index in [2.05, 4.69) is 32.7 Å². The van der Waals surface area contributed by atoms with Crippen LogP contribution in [0.5, 0.6) is 0 Å². The first-order valence-electron chi connectivity index (χ1n) is 15.5. The Morgan fingerprint density at radius 2 is 0.794 bits per heavy atom. The average molecular weight is 484 g/mol. The van der Waals surface area contributed by atoms with E-state index in [1.54, 1.807) is 0 Å². The molecule has 206 valence electrons. The Morgan fingerprint density at radius 3 is 1.09 bits per heavy atom. The first kappa shape index (κ1) is 35.6. The molecule has 0 aromatic heterocycles. The largest absolute Gasteiger partial charge is 0.481 e. The normalized spacial score (nSPS) is 11.0. The van der Waals surface area contributed by atoms with Gasteiger partial charge >= 0.3 is 5.97 Å². The lowest BCUT2D eigenvalue weighted by atomic mass is 10.0. The zero-order valence-electron chi connectivity index (χ0n) is 24.2. The van der Waals surface area contributed by atoms with Crippen LogP contribution in [-0.4, -0.2) is 36.1 Å². The molecule has 0 amide bonds. The van der Waals surface area contributed by atoms with Crippen LogP contribution in [0.4, 0.5) is 0 Å². The molecule has 0 aliphatic heterocycles. The number of nitrogens with zero attached hydrogens (tertiary/aromatic N) is 1. The summed E-state index contributed by atoms with van der Waals surface area (Å²) in [4.78, 5) is 12.7. The topological polar surface area (TPSA) is 40.5 Å². The third-order valence-corrected chi connectivity index (χ3v) is 6.93. The molecule has 0 rings (SSSR count). The first-order chi connectivity index (χ1) is 16.6. The first-order valence-corrected chi connectivity index (χ1v) is 15.5. The fourth-order valence-corrected chi connectivity index (χ4v) is 4.32. The minimum absolute atomic E-state index is 0.345. The average Bonchev–Trinajstić information content (AvgIpc) is 2.83. The molecule has 0 spiro atoms. The number of carbonyl (C=O) groups is 1. The maximum absolute atomic E-state index is 10.3. The molecule has 0 aromatic carbocycles. The Morgan fingerprint density at radius 1 is 0.500 bits per heavy atom. The van der Waals surface area contributed by atoms with Gasteiger partial charge in [-0.15, -0.1) is 0 Å². The predicted molar refractivity (Wildman–Crippen MR) is 153 cm³/mol. The van der Waals surface area contributed by atoms with Crippen molar-refractivity contribution in [3.8, 4) is 0 Å². The van der Waals surface area contributed by atoms with Crippen molar-refractivity contribution in [1.29, 1.82) is 0 Å². The molecule has 0 radical (unpaired) electrons. The molecule has 34 heavy (non-hydrogen) atoms. The van der Waals surface area contributed by atoms with Gasteiger partial charge in [0.15, 0.2) is 0 Å². The molecule has 0 fully saturated rings. The summed E-state index contributed by atoms with van der Waals surface area (Å²) < 4.78 is 0. The second-order valence-corrected chi connectivity index (χ2v) is 10.5. The van der Waals surface area contributed by atoms with Crippen LogP contribution < -0.4 is 0 Å². The second-order valence-electron chi connectivity index (χ2n) is 10.5. The van der Waals surface area contributed by atoms with Gasteiger partial charge in [0.1, 0.15) is 0 Å². The van der Waals surface area contributed by atoms with Crippen molar-refractivity contribution in [2.24, 2.45) is 0 Å². The number of aliphatic carboxylic acids is 1. The molecule has 0 bridgehead atoms. The van der Waals surface area contributed by atoms with E-state index in [4.69, 9.17) is 5.11 Å². The summed E-state index contributed by atoms with van der Waals surface area (Å²) in [5.74, 6) is -0.653. The number of unbranched alkanes of at least 4 members (excludes halogenated alkanes) is 21. The Labute approximate surface area is 215 Å². The van der Waals surface area contributed by atoms with Crippen LogP contribution in [-0.2, 0) is 4.79 Å². The Hall–Kier alpha value is -0.570. The molecule has 3 heteroatoms. The Balaban J connectivity index is 0. The van der Waals surface area contributed by atoms with Crippen molar-refractivity contribution in [1.82, 2.24) is 4.90 Å². The molecule has 0 aliphatic carbocycles. The van der Waals surface area contributed by atoms with Crippen molar-refractivity contribution in [2.75, 3.05) is 20.1 Å². The number of hydrogen-bond acceptors (Lipinski definition) is 2. The summed E-state index contributed by atoms with van der Waals surface area (Å²) in [5, 5.41) is 8.52. The summed E-state index contributed by atoms with van der Waals surface area (Å²) in [6.45, 7) is 9.25. The molecular weight excluding hydrogens is 418 g/mol. The van der Waals surface area contributed by atoms with Gasteiger partial charge in [0.25, 0.3) is 0 Å². The number of rotatable bonds is 26. The van der Waals surface area contributed by atoms with E-state index in [-0.39, 0.29) is 0 Å². The second kappa shape index (κ2) is 32.4. The zero-order chi connectivity index (χ0) is 25.5. The van der Waals surface area contributed by atoms with Gasteiger partial charge in [0.2, 0.25) is 0 Å². The Kier molecular flexibility index (Phi) is 33.9. The minimum atomic E-state index is -0.653. The van der Waals surface area contributed by atoms with Gasteiger partial charge in [0.05, 0.1) is 0 Å². The number of hydrogen-bond donors (Lipinski definition) is 1. The molecule has 1 N–H and O–H groups in total. The highest BCUT2D eigenvalue weighted by Gasteiger charge is 1.97. The monoisotopic (exact) mass is 484 g/mol. The van der Waals surface area contributed by atoms with E-state index < -0.39 is 5.97 Å². The molecule has 0 atom stereocenters. The van der Waals surface area contributed by atoms with Gasteiger partial charge in [-0.3, -0.25) is 4.79 Å². The summed E-state index contributed by atoms with van der Waals surface area (Å²) in [5.41, 5.74) is 0. The predicted octanol–water partition coefficient (Wildman–Crippen LogP) is 10.4. The zero-order valence-corrected chi connectivity index (χ0v) is 24.2. The molecule has 0 saturated heterocycles. The van der Waals surface area contributed by atoms with Crippen LogP contribution in [0.3, 0.4) is 0 Å². The lowest BCUT2D eigenvalue weighted by Crippen LogP contribution is -2.18. The van der Waals surface area contributed by atoms with Gasteiger partial charge in [-0.2, -0.15) is 0 Å². The quantitative estimate of drug-likeness (QED) is 0.124.